The number of carbonyl (C=O) groups excluding carboxylic acids is 2. The molecule has 1 fully saturated rings. The molecule has 31 heavy (non-hydrogen) atoms. The molecular weight excluding hydrogens is 408 g/mol. The third-order valence-electron chi connectivity index (χ3n) is 5.75. The summed E-state index contributed by atoms with van der Waals surface area (Å²) in [6.07, 6.45) is 1.48. The van der Waals surface area contributed by atoms with Gasteiger partial charge in [0.2, 0.25) is 5.60 Å². The second-order valence-corrected chi connectivity index (χ2v) is 7.80. The number of ketones is 1. The lowest BCUT2D eigenvalue weighted by molar-refractivity contribution is -0.147. The first-order valence-electron chi connectivity index (χ1n) is 9.77. The Morgan fingerprint density at radius 2 is 1.81 bits per heavy atom. The van der Waals surface area contributed by atoms with Crippen LogP contribution >= 0.6 is 0 Å². The number of rotatable bonds is 6. The van der Waals surface area contributed by atoms with Gasteiger partial charge in [-0.2, -0.15) is 0 Å². The number of fused-ring (bicyclic) bond motifs is 1. The highest BCUT2D eigenvalue weighted by Crippen LogP contribution is 2.34. The number of carboxylic acids is 1. The number of Topliss-reactive ketones (excluding diaryl/α,β-unsaturated/α-hetero) is 1. The topological polar surface area (TPSA) is 94.9 Å². The number of halogens is 2. The smallest absolute Gasteiger partial charge is 0.331 e. The van der Waals surface area contributed by atoms with Gasteiger partial charge in [0.1, 0.15) is 11.6 Å². The van der Waals surface area contributed by atoms with Crippen LogP contribution in [0.25, 0.3) is 6.08 Å². The summed E-state index contributed by atoms with van der Waals surface area (Å²) in [6.45, 7) is 0.115. The Morgan fingerprint density at radius 3 is 2.48 bits per heavy atom. The van der Waals surface area contributed by atoms with Gasteiger partial charge in [0.05, 0.1) is 0 Å². The summed E-state index contributed by atoms with van der Waals surface area (Å²) in [5.41, 5.74) is 0.269. The van der Waals surface area contributed by atoms with Crippen molar-refractivity contribution >= 4 is 29.4 Å². The fourth-order valence-electron chi connectivity index (χ4n) is 4.06. The maximum absolute atomic E-state index is 13.3. The fourth-order valence-corrected chi connectivity index (χ4v) is 4.06. The van der Waals surface area contributed by atoms with Crippen LogP contribution < -0.4 is 4.90 Å². The van der Waals surface area contributed by atoms with Crippen molar-refractivity contribution in [2.24, 2.45) is 0 Å². The monoisotopic (exact) mass is 427 g/mol. The standard InChI is InChI=1S/C23H19F2NO5/c24-17-7-13(8-18(25)12-17)1-4-20(27)23(31)5-6-26(22(23)30)19-3-2-14-9-16(21(28)29)10-15(14)11-19/h2-3,7-8,10-12,31H,1,4-6,9H2,(H,28,29)/t23-/m0/s1. The molecule has 1 aliphatic heterocycles. The second kappa shape index (κ2) is 7.70. The van der Waals surface area contributed by atoms with Gasteiger partial charge < -0.3 is 15.1 Å². The van der Waals surface area contributed by atoms with Crippen molar-refractivity contribution in [3.8, 4) is 0 Å². The van der Waals surface area contributed by atoms with Crippen molar-refractivity contribution < 1.29 is 33.4 Å². The van der Waals surface area contributed by atoms with Gasteiger partial charge in [0, 0.05) is 43.1 Å². The average Bonchev–Trinajstić information content (AvgIpc) is 3.27. The third-order valence-corrected chi connectivity index (χ3v) is 5.75. The number of anilines is 1. The number of carbonyl (C=O) groups is 3. The van der Waals surface area contributed by atoms with Gasteiger partial charge in [-0.05, 0) is 53.5 Å². The van der Waals surface area contributed by atoms with Gasteiger partial charge in [0.15, 0.2) is 5.78 Å². The molecule has 8 heteroatoms. The van der Waals surface area contributed by atoms with Gasteiger partial charge in [-0.3, -0.25) is 9.59 Å². The van der Waals surface area contributed by atoms with Crippen molar-refractivity contribution in [1.82, 2.24) is 0 Å². The molecule has 6 nitrogen and oxygen atoms in total. The minimum atomic E-state index is -2.20. The van der Waals surface area contributed by atoms with E-state index in [0.717, 1.165) is 23.8 Å². The van der Waals surface area contributed by atoms with Crippen LogP contribution in [-0.4, -0.2) is 40.0 Å². The highest BCUT2D eigenvalue weighted by molar-refractivity contribution is 6.17. The molecule has 0 saturated carbocycles. The minimum absolute atomic E-state index is 0.00922. The molecule has 1 heterocycles. The summed E-state index contributed by atoms with van der Waals surface area (Å²) in [5.74, 6) is -4.00. The van der Waals surface area contributed by atoms with Crippen LogP contribution in [0, 0.1) is 11.6 Å². The van der Waals surface area contributed by atoms with Crippen molar-refractivity contribution in [2.75, 3.05) is 11.4 Å². The minimum Gasteiger partial charge on any atom is -0.478 e. The Kier molecular flexibility index (Phi) is 5.18. The van der Waals surface area contributed by atoms with Gasteiger partial charge in [-0.15, -0.1) is 0 Å². The summed E-state index contributed by atoms with van der Waals surface area (Å²) in [7, 11) is 0. The number of aliphatic hydroxyl groups is 1. The number of aliphatic carboxylic acids is 1. The van der Waals surface area contributed by atoms with Crippen molar-refractivity contribution in [2.45, 2.75) is 31.3 Å². The van der Waals surface area contributed by atoms with E-state index in [2.05, 4.69) is 0 Å². The van der Waals surface area contributed by atoms with Crippen LogP contribution in [0.4, 0.5) is 14.5 Å². The first-order chi connectivity index (χ1) is 14.7. The molecule has 0 unspecified atom stereocenters. The van der Waals surface area contributed by atoms with Crippen LogP contribution in [0.15, 0.2) is 42.0 Å². The normalized spacial score (nSPS) is 20.0. The van der Waals surface area contributed by atoms with Gasteiger partial charge in [0.25, 0.3) is 5.91 Å². The zero-order valence-electron chi connectivity index (χ0n) is 16.4. The van der Waals surface area contributed by atoms with Gasteiger partial charge in [-0.1, -0.05) is 6.07 Å². The lowest BCUT2D eigenvalue weighted by atomic mass is 9.92. The Morgan fingerprint density at radius 1 is 1.10 bits per heavy atom. The van der Waals surface area contributed by atoms with E-state index >= 15 is 0 Å². The molecule has 1 saturated heterocycles. The number of carboxylic acid groups (broad SMARTS) is 1. The molecule has 0 radical (unpaired) electrons. The molecule has 2 N–H and O–H groups in total. The van der Waals surface area contributed by atoms with E-state index in [9.17, 15) is 28.3 Å². The molecular formula is C23H19F2NO5. The molecule has 1 aliphatic carbocycles. The van der Waals surface area contributed by atoms with E-state index in [0.29, 0.717) is 17.7 Å². The predicted molar refractivity (Wildman–Crippen MR) is 107 cm³/mol. The van der Waals surface area contributed by atoms with Crippen molar-refractivity contribution in [3.63, 3.8) is 0 Å². The zero-order valence-corrected chi connectivity index (χ0v) is 16.4. The van der Waals surface area contributed by atoms with Crippen LogP contribution in [0.3, 0.4) is 0 Å². The molecule has 1 atom stereocenters. The van der Waals surface area contributed by atoms with E-state index in [4.69, 9.17) is 5.11 Å². The maximum atomic E-state index is 13.3. The van der Waals surface area contributed by atoms with Crippen LogP contribution in [0.2, 0.25) is 0 Å². The zero-order chi connectivity index (χ0) is 22.3. The predicted octanol–water partition coefficient (Wildman–Crippen LogP) is 2.66. The fraction of sp³-hybridized carbons (Fsp3) is 0.261. The number of aryl methyl sites for hydroxylation is 1. The number of amides is 1. The van der Waals surface area contributed by atoms with Crippen LogP contribution in [-0.2, 0) is 27.2 Å². The Bertz CT molecular complexity index is 1120. The molecule has 2 aromatic rings. The number of benzene rings is 2. The molecule has 2 aromatic carbocycles. The summed E-state index contributed by atoms with van der Waals surface area (Å²) in [5, 5.41) is 19.9. The largest absolute Gasteiger partial charge is 0.478 e. The Balaban J connectivity index is 1.48. The summed E-state index contributed by atoms with van der Waals surface area (Å²) in [4.78, 5) is 38.0. The third kappa shape index (κ3) is 3.86. The van der Waals surface area contributed by atoms with Crippen molar-refractivity contribution in [3.05, 3.63) is 70.3 Å². The highest BCUT2D eigenvalue weighted by atomic mass is 19.1. The van der Waals surface area contributed by atoms with Gasteiger partial charge >= 0.3 is 5.97 Å². The lowest BCUT2D eigenvalue weighted by Gasteiger charge is -2.22. The molecule has 160 valence electrons. The quantitative estimate of drug-likeness (QED) is 0.692. The Labute approximate surface area is 176 Å². The average molecular weight is 427 g/mol. The number of nitrogens with zero attached hydrogens (tertiary/aromatic N) is 1. The number of hydrogen-bond donors (Lipinski definition) is 2. The molecule has 0 aromatic heterocycles. The summed E-state index contributed by atoms with van der Waals surface area (Å²) < 4.78 is 26.6. The first kappa shape index (κ1) is 20.9. The van der Waals surface area contributed by atoms with E-state index in [1.165, 1.54) is 11.0 Å². The van der Waals surface area contributed by atoms with Gasteiger partial charge in [-0.25, -0.2) is 13.6 Å². The molecule has 0 bridgehead atoms. The maximum Gasteiger partial charge on any atom is 0.331 e. The van der Waals surface area contributed by atoms with E-state index < -0.39 is 34.9 Å². The molecule has 4 rings (SSSR count). The molecule has 2 aliphatic rings. The summed E-state index contributed by atoms with van der Waals surface area (Å²) >= 11 is 0. The molecule has 0 spiro atoms. The van der Waals surface area contributed by atoms with E-state index in [1.807, 2.05) is 0 Å². The van der Waals surface area contributed by atoms with Crippen LogP contribution in [0.5, 0.6) is 0 Å². The van der Waals surface area contributed by atoms with Crippen LogP contribution in [0.1, 0.15) is 29.5 Å². The first-order valence-corrected chi connectivity index (χ1v) is 9.77. The second-order valence-electron chi connectivity index (χ2n) is 7.80. The Hall–Kier alpha value is -3.39. The SMILES string of the molecule is O=C(O)C1=Cc2cc(N3CC[C@](O)(C(=O)CCc4cc(F)cc(F)c4)C3=O)ccc2C1. The summed E-state index contributed by atoms with van der Waals surface area (Å²) in [6, 6.07) is 7.97. The van der Waals surface area contributed by atoms with Crippen molar-refractivity contribution in [1.29, 1.82) is 0 Å². The highest BCUT2D eigenvalue weighted by Gasteiger charge is 2.50. The van der Waals surface area contributed by atoms with E-state index in [-0.39, 0.29) is 36.9 Å². The lowest BCUT2D eigenvalue weighted by Crippen LogP contribution is -2.47. The molecule has 1 amide bonds. The number of hydrogen-bond acceptors (Lipinski definition) is 4. The van der Waals surface area contributed by atoms with E-state index in [1.54, 1.807) is 18.2 Å².